The molecule has 21 heavy (non-hydrogen) atoms. The third-order valence-corrected chi connectivity index (χ3v) is 3.20. The van der Waals surface area contributed by atoms with E-state index in [-0.39, 0.29) is 5.41 Å². The molecule has 0 fully saturated rings. The van der Waals surface area contributed by atoms with E-state index in [4.69, 9.17) is 15.2 Å². The van der Waals surface area contributed by atoms with Gasteiger partial charge in [0.15, 0.2) is 0 Å². The van der Waals surface area contributed by atoms with Crippen LogP contribution < -0.4 is 15.2 Å². The van der Waals surface area contributed by atoms with Crippen LogP contribution >= 0.6 is 0 Å². The second-order valence-electron chi connectivity index (χ2n) is 5.95. The predicted molar refractivity (Wildman–Crippen MR) is 84.7 cm³/mol. The van der Waals surface area contributed by atoms with Crippen LogP contribution in [0.5, 0.6) is 11.5 Å². The maximum absolute atomic E-state index is 5.93. The first kappa shape index (κ1) is 15.2. The average molecular weight is 286 g/mol. The molecule has 2 aromatic rings. The number of rotatable bonds is 4. The first-order valence-corrected chi connectivity index (χ1v) is 6.93. The number of aromatic nitrogens is 1. The van der Waals surface area contributed by atoms with Crippen molar-refractivity contribution in [1.82, 2.24) is 4.98 Å². The number of nitrogens with zero attached hydrogens (tertiary/aromatic N) is 1. The summed E-state index contributed by atoms with van der Waals surface area (Å²) < 4.78 is 11.2. The van der Waals surface area contributed by atoms with Crippen molar-refractivity contribution in [3.63, 3.8) is 0 Å². The number of anilines is 1. The van der Waals surface area contributed by atoms with Crippen molar-refractivity contribution in [2.24, 2.45) is 0 Å². The van der Waals surface area contributed by atoms with Crippen LogP contribution in [0.25, 0.3) is 0 Å². The van der Waals surface area contributed by atoms with E-state index in [9.17, 15) is 0 Å². The molecule has 1 heterocycles. The van der Waals surface area contributed by atoms with E-state index in [1.54, 1.807) is 13.2 Å². The molecular weight excluding hydrogens is 264 g/mol. The number of nitrogens with two attached hydrogens (primary N) is 1. The van der Waals surface area contributed by atoms with Gasteiger partial charge in [0.05, 0.1) is 12.8 Å². The number of methoxy groups -OCH3 is 1. The van der Waals surface area contributed by atoms with Crippen molar-refractivity contribution in [2.45, 2.75) is 32.8 Å². The Labute approximate surface area is 125 Å². The molecule has 0 radical (unpaired) electrons. The molecule has 0 aliphatic rings. The van der Waals surface area contributed by atoms with Crippen molar-refractivity contribution < 1.29 is 9.47 Å². The second-order valence-corrected chi connectivity index (χ2v) is 5.95. The van der Waals surface area contributed by atoms with Crippen molar-refractivity contribution in [1.29, 1.82) is 0 Å². The van der Waals surface area contributed by atoms with Crippen LogP contribution in [0.1, 0.15) is 32.0 Å². The normalized spacial score (nSPS) is 11.2. The van der Waals surface area contributed by atoms with Crippen LogP contribution in [0.3, 0.4) is 0 Å². The Balaban J connectivity index is 2.23. The van der Waals surface area contributed by atoms with Crippen LogP contribution in [0.15, 0.2) is 36.4 Å². The minimum atomic E-state index is -0.0347. The Morgan fingerprint density at radius 3 is 2.52 bits per heavy atom. The third kappa shape index (κ3) is 3.88. The Morgan fingerprint density at radius 2 is 1.90 bits per heavy atom. The largest absolute Gasteiger partial charge is 0.497 e. The summed E-state index contributed by atoms with van der Waals surface area (Å²) in [5, 5.41) is 0. The molecule has 1 aromatic heterocycles. The zero-order valence-corrected chi connectivity index (χ0v) is 13.0. The van der Waals surface area contributed by atoms with Crippen LogP contribution in [-0.2, 0) is 12.0 Å². The minimum absolute atomic E-state index is 0.0347. The van der Waals surface area contributed by atoms with Gasteiger partial charge in [-0.1, -0.05) is 26.8 Å². The Morgan fingerprint density at radius 1 is 1.14 bits per heavy atom. The second kappa shape index (κ2) is 6.04. The Kier molecular flexibility index (Phi) is 4.36. The van der Waals surface area contributed by atoms with Crippen LogP contribution in [0.4, 0.5) is 5.82 Å². The number of hydrogen-bond acceptors (Lipinski definition) is 4. The molecule has 0 saturated heterocycles. The number of ether oxygens (including phenoxy) is 2. The minimum Gasteiger partial charge on any atom is -0.497 e. The standard InChI is InChI=1S/C17H22N2O2/c1-17(2,3)14-10-13(20-4)8-9-15(14)21-11-12-6-5-7-16(18)19-12/h5-10H,11H2,1-4H3,(H2,18,19). The van der Waals surface area contributed by atoms with Gasteiger partial charge in [0.1, 0.15) is 23.9 Å². The van der Waals surface area contributed by atoms with E-state index in [0.29, 0.717) is 12.4 Å². The molecule has 2 rings (SSSR count). The fourth-order valence-electron chi connectivity index (χ4n) is 2.08. The zero-order valence-electron chi connectivity index (χ0n) is 13.0. The third-order valence-electron chi connectivity index (χ3n) is 3.20. The van der Waals surface area contributed by atoms with Gasteiger partial charge in [-0.2, -0.15) is 0 Å². The van der Waals surface area contributed by atoms with E-state index in [0.717, 1.165) is 22.8 Å². The van der Waals surface area contributed by atoms with E-state index >= 15 is 0 Å². The maximum Gasteiger partial charge on any atom is 0.130 e. The molecule has 0 amide bonds. The summed E-state index contributed by atoms with van der Waals surface area (Å²) in [5.74, 6) is 2.17. The molecule has 4 nitrogen and oxygen atoms in total. The van der Waals surface area contributed by atoms with Gasteiger partial charge < -0.3 is 15.2 Å². The molecule has 4 heteroatoms. The van der Waals surface area contributed by atoms with Crippen molar-refractivity contribution in [2.75, 3.05) is 12.8 Å². The predicted octanol–water partition coefficient (Wildman–Crippen LogP) is 3.55. The zero-order chi connectivity index (χ0) is 15.5. The first-order chi connectivity index (χ1) is 9.90. The quantitative estimate of drug-likeness (QED) is 0.933. The number of benzene rings is 1. The maximum atomic E-state index is 5.93. The first-order valence-electron chi connectivity index (χ1n) is 6.93. The van der Waals surface area contributed by atoms with Gasteiger partial charge in [0, 0.05) is 5.56 Å². The summed E-state index contributed by atoms with van der Waals surface area (Å²) in [4.78, 5) is 4.24. The molecule has 0 aliphatic heterocycles. The average Bonchev–Trinajstić information content (AvgIpc) is 2.44. The monoisotopic (exact) mass is 286 g/mol. The fraction of sp³-hybridized carbons (Fsp3) is 0.353. The van der Waals surface area contributed by atoms with E-state index in [1.165, 1.54) is 0 Å². The summed E-state index contributed by atoms with van der Waals surface area (Å²) in [6.07, 6.45) is 0. The molecule has 2 N–H and O–H groups in total. The molecule has 0 atom stereocenters. The summed E-state index contributed by atoms with van der Waals surface area (Å²) in [7, 11) is 1.67. The molecule has 0 spiro atoms. The lowest BCUT2D eigenvalue weighted by Gasteiger charge is -2.23. The molecule has 0 bridgehead atoms. The Hall–Kier alpha value is -2.23. The number of nitrogen functional groups attached to an aromatic ring is 1. The van der Waals surface area contributed by atoms with Gasteiger partial charge in [-0.25, -0.2) is 4.98 Å². The number of hydrogen-bond donors (Lipinski definition) is 1. The summed E-state index contributed by atoms with van der Waals surface area (Å²) in [6, 6.07) is 11.4. The topological polar surface area (TPSA) is 57.4 Å². The van der Waals surface area contributed by atoms with E-state index < -0.39 is 0 Å². The lowest BCUT2D eigenvalue weighted by atomic mass is 9.86. The number of pyridine rings is 1. The molecule has 1 aromatic carbocycles. The molecule has 112 valence electrons. The van der Waals surface area contributed by atoms with Gasteiger partial charge in [-0.3, -0.25) is 0 Å². The molecule has 0 aliphatic carbocycles. The molecular formula is C17H22N2O2. The van der Waals surface area contributed by atoms with Gasteiger partial charge in [0.25, 0.3) is 0 Å². The lowest BCUT2D eigenvalue weighted by Crippen LogP contribution is -2.14. The molecule has 0 saturated carbocycles. The van der Waals surface area contributed by atoms with Gasteiger partial charge in [0.2, 0.25) is 0 Å². The van der Waals surface area contributed by atoms with Crippen LogP contribution in [0.2, 0.25) is 0 Å². The van der Waals surface area contributed by atoms with Gasteiger partial charge >= 0.3 is 0 Å². The van der Waals surface area contributed by atoms with Gasteiger partial charge in [-0.15, -0.1) is 0 Å². The summed E-state index contributed by atoms with van der Waals surface area (Å²) >= 11 is 0. The highest BCUT2D eigenvalue weighted by molar-refractivity contribution is 5.44. The fourth-order valence-corrected chi connectivity index (χ4v) is 2.08. The van der Waals surface area contributed by atoms with E-state index in [2.05, 4.69) is 25.8 Å². The highest BCUT2D eigenvalue weighted by atomic mass is 16.5. The SMILES string of the molecule is COc1ccc(OCc2cccc(N)n2)c(C(C)(C)C)c1. The highest BCUT2D eigenvalue weighted by Gasteiger charge is 2.20. The van der Waals surface area contributed by atoms with Crippen molar-refractivity contribution in [3.05, 3.63) is 47.7 Å². The lowest BCUT2D eigenvalue weighted by molar-refractivity contribution is 0.292. The molecule has 0 unspecified atom stereocenters. The Bertz CT molecular complexity index is 618. The smallest absolute Gasteiger partial charge is 0.130 e. The van der Waals surface area contributed by atoms with Crippen molar-refractivity contribution in [3.8, 4) is 11.5 Å². The van der Waals surface area contributed by atoms with E-state index in [1.807, 2.05) is 30.3 Å². The van der Waals surface area contributed by atoms with Crippen LogP contribution in [0, 0.1) is 0 Å². The van der Waals surface area contributed by atoms with Gasteiger partial charge in [-0.05, 0) is 35.7 Å². The summed E-state index contributed by atoms with van der Waals surface area (Å²) in [5.41, 5.74) is 7.56. The summed E-state index contributed by atoms with van der Waals surface area (Å²) in [6.45, 7) is 6.83. The highest BCUT2D eigenvalue weighted by Crippen LogP contribution is 2.34. The van der Waals surface area contributed by atoms with Crippen molar-refractivity contribution >= 4 is 5.82 Å². The van der Waals surface area contributed by atoms with Crippen LogP contribution in [-0.4, -0.2) is 12.1 Å².